The van der Waals surface area contributed by atoms with Gasteiger partial charge in [0.05, 0.1) is 10.6 Å². The maximum absolute atomic E-state index is 10.3. The second kappa shape index (κ2) is 4.96. The fraction of sp³-hybridized carbons (Fsp3) is 0.214. The molecule has 6 heteroatoms. The Balaban J connectivity index is 2.10. The predicted octanol–water partition coefficient (Wildman–Crippen LogP) is 4.22. The highest BCUT2D eigenvalue weighted by Crippen LogP contribution is 2.36. The normalized spacial score (nSPS) is 15.2. The molecule has 0 amide bonds. The topological polar surface area (TPSA) is 50.4 Å². The van der Waals surface area contributed by atoms with Crippen LogP contribution in [-0.4, -0.2) is 20.9 Å². The van der Waals surface area contributed by atoms with E-state index < -0.39 is 0 Å². The third-order valence-electron chi connectivity index (χ3n) is 3.10. The molecule has 0 radical (unpaired) electrons. The number of fused-ring (bicyclic) bond motifs is 1. The van der Waals surface area contributed by atoms with Gasteiger partial charge >= 0.3 is 0 Å². The molecule has 0 bridgehead atoms. The van der Waals surface area contributed by atoms with Gasteiger partial charge in [0.15, 0.2) is 3.95 Å². The average molecular weight is 303 g/mol. The van der Waals surface area contributed by atoms with Crippen LogP contribution in [0.15, 0.2) is 23.5 Å². The van der Waals surface area contributed by atoms with Gasteiger partial charge in [-0.25, -0.2) is 0 Å². The molecule has 0 atom stereocenters. The van der Waals surface area contributed by atoms with E-state index in [-0.39, 0.29) is 11.9 Å². The average Bonchev–Trinajstić information content (AvgIpc) is 2.93. The molecule has 0 fully saturated rings. The summed E-state index contributed by atoms with van der Waals surface area (Å²) in [5.41, 5.74) is 2.82. The molecule has 102 valence electrons. The first-order chi connectivity index (χ1) is 9.58. The van der Waals surface area contributed by atoms with E-state index in [1.165, 1.54) is 11.3 Å². The summed E-state index contributed by atoms with van der Waals surface area (Å²) >= 11 is 6.70. The van der Waals surface area contributed by atoms with E-state index in [9.17, 15) is 5.11 Å². The molecule has 3 heterocycles. The van der Waals surface area contributed by atoms with E-state index in [0.717, 1.165) is 21.7 Å². The van der Waals surface area contributed by atoms with Gasteiger partial charge < -0.3 is 5.11 Å². The van der Waals surface area contributed by atoms with Gasteiger partial charge in [-0.15, -0.1) is 11.3 Å². The lowest BCUT2D eigenvalue weighted by molar-refractivity contribution is 0.397. The van der Waals surface area contributed by atoms with Crippen molar-refractivity contribution in [2.24, 2.45) is 4.99 Å². The van der Waals surface area contributed by atoms with Crippen LogP contribution in [0, 0.1) is 3.95 Å². The highest BCUT2D eigenvalue weighted by Gasteiger charge is 2.16. The highest BCUT2D eigenvalue weighted by atomic mass is 32.1. The lowest BCUT2D eigenvalue weighted by atomic mass is 10.1. The van der Waals surface area contributed by atoms with Crippen molar-refractivity contribution in [2.45, 2.75) is 19.9 Å². The van der Waals surface area contributed by atoms with Crippen LogP contribution in [0.1, 0.15) is 30.3 Å². The zero-order valence-electron chi connectivity index (χ0n) is 11.1. The van der Waals surface area contributed by atoms with Crippen molar-refractivity contribution in [3.8, 4) is 5.88 Å². The molecule has 2 aromatic rings. The second-order valence-electron chi connectivity index (χ2n) is 4.77. The number of thiazole rings is 1. The first-order valence-electron chi connectivity index (χ1n) is 6.22. The van der Waals surface area contributed by atoms with Crippen molar-refractivity contribution < 1.29 is 5.11 Å². The molecule has 0 saturated heterocycles. The van der Waals surface area contributed by atoms with Crippen LogP contribution in [0.2, 0.25) is 0 Å². The Hall–Kier alpha value is -1.79. The van der Waals surface area contributed by atoms with Crippen LogP contribution in [-0.2, 0) is 0 Å². The van der Waals surface area contributed by atoms with Crippen molar-refractivity contribution in [1.82, 2.24) is 9.55 Å². The maximum Gasteiger partial charge on any atom is 0.210 e. The van der Waals surface area contributed by atoms with Crippen LogP contribution >= 0.6 is 23.6 Å². The summed E-state index contributed by atoms with van der Waals surface area (Å²) in [7, 11) is 0. The smallest absolute Gasteiger partial charge is 0.210 e. The Kier molecular flexibility index (Phi) is 3.27. The minimum absolute atomic E-state index is 0.136. The van der Waals surface area contributed by atoms with Crippen molar-refractivity contribution in [1.29, 1.82) is 0 Å². The largest absolute Gasteiger partial charge is 0.493 e. The molecule has 0 aliphatic carbocycles. The fourth-order valence-corrected chi connectivity index (χ4v) is 3.66. The molecule has 0 unspecified atom stereocenters. The zero-order chi connectivity index (χ0) is 14.3. The minimum Gasteiger partial charge on any atom is -0.493 e. The first kappa shape index (κ1) is 13.2. The van der Waals surface area contributed by atoms with Gasteiger partial charge in [-0.1, -0.05) is 0 Å². The van der Waals surface area contributed by atoms with Gasteiger partial charge in [-0.05, 0) is 38.2 Å². The number of pyridine rings is 1. The molecule has 0 spiro atoms. The number of aromatic nitrogens is 2. The Bertz CT molecular complexity index is 784. The van der Waals surface area contributed by atoms with E-state index in [1.54, 1.807) is 23.2 Å². The van der Waals surface area contributed by atoms with E-state index in [1.807, 2.05) is 26.0 Å². The molecule has 0 saturated carbocycles. The number of aromatic hydroxyl groups is 1. The van der Waals surface area contributed by atoms with Crippen molar-refractivity contribution in [3.63, 3.8) is 0 Å². The third-order valence-corrected chi connectivity index (χ3v) is 4.44. The molecule has 20 heavy (non-hydrogen) atoms. The molecule has 1 aliphatic heterocycles. The second-order valence-corrected chi connectivity index (χ2v) is 6.45. The standard InChI is InChI=1S/C14H13N3OS2/c1-8(2)17-13(18)12(20-14(17)19)5-9-6-16-11-3-4-15-7-10(9)11/h3-8,18H,1-2H3/b9-5+. The highest BCUT2D eigenvalue weighted by molar-refractivity contribution is 7.73. The molecule has 3 rings (SSSR count). The third kappa shape index (κ3) is 2.10. The summed E-state index contributed by atoms with van der Waals surface area (Å²) in [6, 6.07) is 2.01. The van der Waals surface area contributed by atoms with E-state index in [4.69, 9.17) is 12.2 Å². The summed E-state index contributed by atoms with van der Waals surface area (Å²) in [4.78, 5) is 9.20. The molecule has 0 aromatic carbocycles. The van der Waals surface area contributed by atoms with E-state index >= 15 is 0 Å². The van der Waals surface area contributed by atoms with Crippen LogP contribution < -0.4 is 0 Å². The molecular formula is C14H13N3OS2. The lowest BCUT2D eigenvalue weighted by Crippen LogP contribution is -1.99. The molecule has 1 aliphatic rings. The van der Waals surface area contributed by atoms with Crippen molar-refractivity contribution in [2.75, 3.05) is 0 Å². The Morgan fingerprint density at radius 2 is 2.25 bits per heavy atom. The monoisotopic (exact) mass is 303 g/mol. The van der Waals surface area contributed by atoms with Crippen LogP contribution in [0.4, 0.5) is 5.69 Å². The summed E-state index contributed by atoms with van der Waals surface area (Å²) in [5.74, 6) is 0.216. The summed E-state index contributed by atoms with van der Waals surface area (Å²) in [6.45, 7) is 3.99. The Morgan fingerprint density at radius 3 is 2.95 bits per heavy atom. The number of allylic oxidation sites excluding steroid dienone is 1. The molecule has 2 aromatic heterocycles. The summed E-state index contributed by atoms with van der Waals surface area (Å²) in [6.07, 6.45) is 7.19. The quantitative estimate of drug-likeness (QED) is 0.845. The van der Waals surface area contributed by atoms with Crippen LogP contribution in [0.5, 0.6) is 5.88 Å². The first-order valence-corrected chi connectivity index (χ1v) is 7.45. The molecule has 1 N–H and O–H groups in total. The SMILES string of the molecule is CC(C)n1c(O)c(/C=C2\C=Nc3ccncc32)sc1=S. The Labute approximate surface area is 125 Å². The van der Waals surface area contributed by atoms with Gasteiger partial charge in [0.2, 0.25) is 5.88 Å². The van der Waals surface area contributed by atoms with Crippen LogP contribution in [0.3, 0.4) is 0 Å². The number of hydrogen-bond donors (Lipinski definition) is 1. The van der Waals surface area contributed by atoms with Gasteiger partial charge in [-0.3, -0.25) is 14.5 Å². The van der Waals surface area contributed by atoms with E-state index in [0.29, 0.717) is 3.95 Å². The molecule has 4 nitrogen and oxygen atoms in total. The van der Waals surface area contributed by atoms with Gasteiger partial charge in [0.1, 0.15) is 0 Å². The fourth-order valence-electron chi connectivity index (χ4n) is 2.13. The maximum atomic E-state index is 10.3. The van der Waals surface area contributed by atoms with Gasteiger partial charge in [0.25, 0.3) is 0 Å². The van der Waals surface area contributed by atoms with E-state index in [2.05, 4.69) is 9.98 Å². The number of nitrogens with zero attached hydrogens (tertiary/aromatic N) is 3. The molecular weight excluding hydrogens is 290 g/mol. The Morgan fingerprint density at radius 1 is 1.45 bits per heavy atom. The summed E-state index contributed by atoms with van der Waals surface area (Å²) in [5, 5.41) is 10.3. The predicted molar refractivity (Wildman–Crippen MR) is 85.5 cm³/mol. The minimum atomic E-state index is 0.136. The number of rotatable bonds is 2. The van der Waals surface area contributed by atoms with Crippen LogP contribution in [0.25, 0.3) is 11.6 Å². The van der Waals surface area contributed by atoms with Gasteiger partial charge in [0, 0.05) is 35.8 Å². The number of aliphatic imine (C=N–C) groups is 1. The zero-order valence-corrected chi connectivity index (χ0v) is 12.7. The lowest BCUT2D eigenvalue weighted by Gasteiger charge is -2.07. The van der Waals surface area contributed by atoms with Crippen molar-refractivity contribution in [3.05, 3.63) is 32.9 Å². The van der Waals surface area contributed by atoms with Gasteiger partial charge in [-0.2, -0.15) is 0 Å². The summed E-state index contributed by atoms with van der Waals surface area (Å²) < 4.78 is 2.42. The van der Waals surface area contributed by atoms with Crippen molar-refractivity contribution >= 4 is 47.1 Å². The number of hydrogen-bond acceptors (Lipinski definition) is 5.